The summed E-state index contributed by atoms with van der Waals surface area (Å²) in [6.45, 7) is 4.60. The molecule has 0 fully saturated rings. The molecule has 0 radical (unpaired) electrons. The number of carbonyl (C=O) groups is 1. The first kappa shape index (κ1) is 18.1. The number of hydrogen-bond donors (Lipinski definition) is 1. The Morgan fingerprint density at radius 1 is 1.23 bits per heavy atom. The summed E-state index contributed by atoms with van der Waals surface area (Å²) in [5.41, 5.74) is 2.90. The zero-order valence-electron chi connectivity index (χ0n) is 14.8. The van der Waals surface area contributed by atoms with Crippen molar-refractivity contribution in [3.05, 3.63) is 66.5 Å². The predicted octanol–water partition coefficient (Wildman–Crippen LogP) is 4.31. The van der Waals surface area contributed by atoms with E-state index in [4.69, 9.17) is 4.74 Å². The molecular formula is C20H21N3O2S. The highest BCUT2D eigenvalue weighted by Crippen LogP contribution is 2.22. The molecule has 0 unspecified atom stereocenters. The van der Waals surface area contributed by atoms with Crippen LogP contribution in [0.4, 0.5) is 5.69 Å². The summed E-state index contributed by atoms with van der Waals surface area (Å²) in [6.07, 6.45) is 3.62. The fourth-order valence-electron chi connectivity index (χ4n) is 2.51. The smallest absolute Gasteiger partial charge is 0.234 e. The van der Waals surface area contributed by atoms with Gasteiger partial charge in [0.2, 0.25) is 5.91 Å². The summed E-state index contributed by atoms with van der Waals surface area (Å²) < 4.78 is 7.43. The molecule has 0 aliphatic carbocycles. The molecule has 1 aromatic heterocycles. The van der Waals surface area contributed by atoms with Gasteiger partial charge in [-0.2, -0.15) is 0 Å². The first-order chi connectivity index (χ1) is 12.7. The number of carbonyl (C=O) groups excluding carboxylic acids is 1. The van der Waals surface area contributed by atoms with Gasteiger partial charge in [-0.1, -0.05) is 23.9 Å². The Kier molecular flexibility index (Phi) is 5.96. The van der Waals surface area contributed by atoms with Crippen molar-refractivity contribution in [3.8, 4) is 11.4 Å². The van der Waals surface area contributed by atoms with Crippen molar-refractivity contribution in [2.75, 3.05) is 17.7 Å². The summed E-state index contributed by atoms with van der Waals surface area (Å²) in [5.74, 6) is 1.08. The van der Waals surface area contributed by atoms with Crippen molar-refractivity contribution < 1.29 is 9.53 Å². The van der Waals surface area contributed by atoms with Crippen LogP contribution in [0.3, 0.4) is 0 Å². The van der Waals surface area contributed by atoms with E-state index in [0.29, 0.717) is 12.4 Å². The molecule has 0 bridgehead atoms. The summed E-state index contributed by atoms with van der Waals surface area (Å²) >= 11 is 1.40. The minimum Gasteiger partial charge on any atom is -0.494 e. The Bertz CT molecular complexity index is 875. The molecule has 1 N–H and O–H groups in total. The summed E-state index contributed by atoms with van der Waals surface area (Å²) in [7, 11) is 0. The van der Waals surface area contributed by atoms with E-state index in [1.54, 1.807) is 6.20 Å². The fourth-order valence-corrected chi connectivity index (χ4v) is 3.29. The molecule has 6 heteroatoms. The molecule has 0 saturated carbocycles. The first-order valence-corrected chi connectivity index (χ1v) is 9.40. The number of aromatic nitrogens is 2. The SMILES string of the molecule is CCOc1ccc(-n2ccnc2SCC(=O)Nc2cccc(C)c2)cc1. The van der Waals surface area contributed by atoms with Gasteiger partial charge < -0.3 is 10.1 Å². The van der Waals surface area contributed by atoms with Gasteiger partial charge in [-0.3, -0.25) is 9.36 Å². The number of amides is 1. The number of imidazole rings is 1. The van der Waals surface area contributed by atoms with Crippen LogP contribution in [0.1, 0.15) is 12.5 Å². The van der Waals surface area contributed by atoms with Gasteiger partial charge in [0, 0.05) is 23.8 Å². The number of ether oxygens (including phenoxy) is 1. The minimum atomic E-state index is -0.0538. The van der Waals surface area contributed by atoms with Gasteiger partial charge in [-0.15, -0.1) is 0 Å². The van der Waals surface area contributed by atoms with Gasteiger partial charge in [-0.25, -0.2) is 4.98 Å². The Hall–Kier alpha value is -2.73. The Morgan fingerprint density at radius 3 is 2.77 bits per heavy atom. The first-order valence-electron chi connectivity index (χ1n) is 8.41. The maximum absolute atomic E-state index is 12.2. The lowest BCUT2D eigenvalue weighted by Crippen LogP contribution is -2.14. The molecule has 1 amide bonds. The number of anilines is 1. The molecule has 134 valence electrons. The number of aryl methyl sites for hydroxylation is 1. The zero-order chi connectivity index (χ0) is 18.4. The van der Waals surface area contributed by atoms with Crippen molar-refractivity contribution in [2.45, 2.75) is 19.0 Å². The lowest BCUT2D eigenvalue weighted by Gasteiger charge is -2.09. The predicted molar refractivity (Wildman–Crippen MR) is 105 cm³/mol. The highest BCUT2D eigenvalue weighted by atomic mass is 32.2. The number of benzene rings is 2. The van der Waals surface area contributed by atoms with E-state index in [1.165, 1.54) is 11.8 Å². The van der Waals surface area contributed by atoms with Crippen molar-refractivity contribution in [1.82, 2.24) is 9.55 Å². The van der Waals surface area contributed by atoms with E-state index in [-0.39, 0.29) is 5.91 Å². The Morgan fingerprint density at radius 2 is 2.04 bits per heavy atom. The maximum atomic E-state index is 12.2. The molecule has 5 nitrogen and oxygen atoms in total. The number of thioether (sulfide) groups is 1. The van der Waals surface area contributed by atoms with E-state index in [1.807, 2.05) is 73.1 Å². The van der Waals surface area contributed by atoms with Crippen LogP contribution in [0, 0.1) is 6.92 Å². The number of nitrogens with one attached hydrogen (secondary N) is 1. The highest BCUT2D eigenvalue weighted by molar-refractivity contribution is 7.99. The summed E-state index contributed by atoms with van der Waals surface area (Å²) in [5, 5.41) is 3.68. The number of nitrogens with zero attached hydrogens (tertiary/aromatic N) is 2. The van der Waals surface area contributed by atoms with E-state index in [9.17, 15) is 4.79 Å². The van der Waals surface area contributed by atoms with Crippen LogP contribution >= 0.6 is 11.8 Å². The number of hydrogen-bond acceptors (Lipinski definition) is 4. The van der Waals surface area contributed by atoms with Gasteiger partial charge in [0.15, 0.2) is 5.16 Å². The van der Waals surface area contributed by atoms with E-state index in [0.717, 1.165) is 27.8 Å². The van der Waals surface area contributed by atoms with E-state index in [2.05, 4.69) is 10.3 Å². The molecule has 26 heavy (non-hydrogen) atoms. The average molecular weight is 367 g/mol. The van der Waals surface area contributed by atoms with Gasteiger partial charge in [0.25, 0.3) is 0 Å². The normalized spacial score (nSPS) is 10.5. The van der Waals surface area contributed by atoms with Gasteiger partial charge in [-0.05, 0) is 55.8 Å². The molecule has 0 spiro atoms. The topological polar surface area (TPSA) is 56.2 Å². The maximum Gasteiger partial charge on any atom is 0.234 e. The van der Waals surface area contributed by atoms with Crippen LogP contribution in [0.2, 0.25) is 0 Å². The van der Waals surface area contributed by atoms with Crippen molar-refractivity contribution in [2.24, 2.45) is 0 Å². The van der Waals surface area contributed by atoms with Gasteiger partial charge in [0.05, 0.1) is 12.4 Å². The molecule has 0 aliphatic heterocycles. The Labute approximate surface area is 157 Å². The van der Waals surface area contributed by atoms with Crippen molar-refractivity contribution >= 4 is 23.4 Å². The molecule has 0 aliphatic rings. The van der Waals surface area contributed by atoms with Crippen LogP contribution in [0.25, 0.3) is 5.69 Å². The minimum absolute atomic E-state index is 0.0538. The average Bonchev–Trinajstić information content (AvgIpc) is 3.09. The van der Waals surface area contributed by atoms with Crippen LogP contribution in [0.5, 0.6) is 5.75 Å². The number of rotatable bonds is 7. The molecule has 3 rings (SSSR count). The van der Waals surface area contributed by atoms with Gasteiger partial charge in [0.1, 0.15) is 5.75 Å². The standard InChI is InChI=1S/C20H21N3O2S/c1-3-25-18-9-7-17(8-10-18)23-12-11-21-20(23)26-14-19(24)22-16-6-4-5-15(2)13-16/h4-13H,3,14H2,1-2H3,(H,22,24). The van der Waals surface area contributed by atoms with Crippen LogP contribution < -0.4 is 10.1 Å². The molecule has 1 heterocycles. The third-order valence-electron chi connectivity index (χ3n) is 3.67. The lowest BCUT2D eigenvalue weighted by molar-refractivity contribution is -0.113. The molecule has 3 aromatic rings. The lowest BCUT2D eigenvalue weighted by atomic mass is 10.2. The molecule has 0 saturated heterocycles. The van der Waals surface area contributed by atoms with E-state index < -0.39 is 0 Å². The molecular weight excluding hydrogens is 346 g/mol. The summed E-state index contributed by atoms with van der Waals surface area (Å²) in [4.78, 5) is 16.6. The van der Waals surface area contributed by atoms with Crippen molar-refractivity contribution in [3.63, 3.8) is 0 Å². The second-order valence-corrected chi connectivity index (χ2v) is 6.66. The monoisotopic (exact) mass is 367 g/mol. The van der Waals surface area contributed by atoms with Crippen LogP contribution in [-0.4, -0.2) is 27.8 Å². The second-order valence-electron chi connectivity index (χ2n) is 5.71. The van der Waals surface area contributed by atoms with Crippen molar-refractivity contribution in [1.29, 1.82) is 0 Å². The quantitative estimate of drug-likeness (QED) is 0.632. The third-order valence-corrected chi connectivity index (χ3v) is 4.63. The third kappa shape index (κ3) is 4.67. The highest BCUT2D eigenvalue weighted by Gasteiger charge is 2.10. The zero-order valence-corrected chi connectivity index (χ0v) is 15.6. The Balaban J connectivity index is 1.62. The fraction of sp³-hybridized carbons (Fsp3) is 0.200. The van der Waals surface area contributed by atoms with Gasteiger partial charge >= 0.3 is 0 Å². The second kappa shape index (κ2) is 8.58. The molecule has 0 atom stereocenters. The van der Waals surface area contributed by atoms with E-state index >= 15 is 0 Å². The van der Waals surface area contributed by atoms with Crippen LogP contribution in [0.15, 0.2) is 66.1 Å². The molecule has 2 aromatic carbocycles. The summed E-state index contributed by atoms with van der Waals surface area (Å²) in [6, 6.07) is 15.6. The largest absolute Gasteiger partial charge is 0.494 e. The van der Waals surface area contributed by atoms with Crippen LogP contribution in [-0.2, 0) is 4.79 Å².